The van der Waals surface area contributed by atoms with Crippen LogP contribution in [0.4, 0.5) is 5.82 Å². The first-order chi connectivity index (χ1) is 9.24. The fraction of sp³-hybridized carbons (Fsp3) is 0.333. The van der Waals surface area contributed by atoms with Crippen molar-refractivity contribution in [3.05, 3.63) is 53.5 Å². The standard InChI is InChI=1S/C15H18ClN3/c1-3-19(11-14-8-4-6-12(2)18-14)15-13(10-16)7-5-9-17-15/h4-9H,3,10-11H2,1-2H3. The lowest BCUT2D eigenvalue weighted by molar-refractivity contribution is 0.786. The highest BCUT2D eigenvalue weighted by Crippen LogP contribution is 2.20. The number of hydrogen-bond acceptors (Lipinski definition) is 3. The number of anilines is 1. The number of aromatic nitrogens is 2. The van der Waals surface area contributed by atoms with Gasteiger partial charge in [0.15, 0.2) is 0 Å². The molecule has 19 heavy (non-hydrogen) atoms. The Labute approximate surface area is 119 Å². The van der Waals surface area contributed by atoms with Crippen LogP contribution in [0.2, 0.25) is 0 Å². The van der Waals surface area contributed by atoms with Gasteiger partial charge in [-0.2, -0.15) is 0 Å². The first kappa shape index (κ1) is 13.8. The van der Waals surface area contributed by atoms with Crippen LogP contribution in [0.3, 0.4) is 0 Å². The Hall–Kier alpha value is -1.61. The van der Waals surface area contributed by atoms with Crippen LogP contribution < -0.4 is 4.90 Å². The molecule has 2 aromatic rings. The summed E-state index contributed by atoms with van der Waals surface area (Å²) in [7, 11) is 0. The monoisotopic (exact) mass is 275 g/mol. The lowest BCUT2D eigenvalue weighted by atomic mass is 10.2. The lowest BCUT2D eigenvalue weighted by Crippen LogP contribution is -2.24. The highest BCUT2D eigenvalue weighted by atomic mass is 35.5. The van der Waals surface area contributed by atoms with E-state index in [2.05, 4.69) is 21.8 Å². The molecule has 0 N–H and O–H groups in total. The second-order valence-corrected chi connectivity index (χ2v) is 4.67. The van der Waals surface area contributed by atoms with Gasteiger partial charge in [0.2, 0.25) is 0 Å². The van der Waals surface area contributed by atoms with Crippen molar-refractivity contribution >= 4 is 17.4 Å². The van der Waals surface area contributed by atoms with Crippen LogP contribution in [0.1, 0.15) is 23.9 Å². The van der Waals surface area contributed by atoms with E-state index in [-0.39, 0.29) is 0 Å². The van der Waals surface area contributed by atoms with E-state index in [9.17, 15) is 0 Å². The van der Waals surface area contributed by atoms with E-state index in [4.69, 9.17) is 11.6 Å². The number of alkyl halides is 1. The third kappa shape index (κ3) is 3.44. The minimum Gasteiger partial charge on any atom is -0.351 e. The van der Waals surface area contributed by atoms with Gasteiger partial charge in [-0.05, 0) is 32.0 Å². The predicted molar refractivity (Wildman–Crippen MR) is 79.5 cm³/mol. The number of halogens is 1. The second-order valence-electron chi connectivity index (χ2n) is 4.40. The van der Waals surface area contributed by atoms with Gasteiger partial charge >= 0.3 is 0 Å². The van der Waals surface area contributed by atoms with Gasteiger partial charge in [0.25, 0.3) is 0 Å². The highest BCUT2D eigenvalue weighted by molar-refractivity contribution is 6.17. The summed E-state index contributed by atoms with van der Waals surface area (Å²) in [5.74, 6) is 1.42. The maximum Gasteiger partial charge on any atom is 0.133 e. The Bertz CT molecular complexity index is 542. The zero-order valence-electron chi connectivity index (χ0n) is 11.3. The Balaban J connectivity index is 2.25. The molecular weight excluding hydrogens is 258 g/mol. The van der Waals surface area contributed by atoms with Crippen molar-refractivity contribution in [2.45, 2.75) is 26.3 Å². The first-order valence-corrected chi connectivity index (χ1v) is 6.95. The molecule has 0 aliphatic carbocycles. The molecule has 0 bridgehead atoms. The molecule has 0 atom stereocenters. The van der Waals surface area contributed by atoms with Crippen molar-refractivity contribution in [2.75, 3.05) is 11.4 Å². The van der Waals surface area contributed by atoms with Gasteiger partial charge in [0, 0.05) is 24.0 Å². The SMILES string of the molecule is CCN(Cc1cccc(C)n1)c1ncccc1CCl. The third-order valence-corrected chi connectivity index (χ3v) is 3.28. The summed E-state index contributed by atoms with van der Waals surface area (Å²) in [6.07, 6.45) is 1.80. The second kappa shape index (κ2) is 6.53. The average Bonchev–Trinajstić information content (AvgIpc) is 2.45. The Morgan fingerprint density at radius 2 is 2.05 bits per heavy atom. The number of aryl methyl sites for hydroxylation is 1. The minimum atomic E-state index is 0.473. The van der Waals surface area contributed by atoms with Crippen molar-refractivity contribution in [1.82, 2.24) is 9.97 Å². The average molecular weight is 276 g/mol. The maximum atomic E-state index is 5.98. The smallest absolute Gasteiger partial charge is 0.133 e. The van der Waals surface area contributed by atoms with Crippen LogP contribution in [0, 0.1) is 6.92 Å². The Kier molecular flexibility index (Phi) is 4.74. The number of rotatable bonds is 5. The van der Waals surface area contributed by atoms with E-state index in [1.165, 1.54) is 0 Å². The molecule has 0 aromatic carbocycles. The summed E-state index contributed by atoms with van der Waals surface area (Å²) in [5, 5.41) is 0. The van der Waals surface area contributed by atoms with Gasteiger partial charge in [-0.3, -0.25) is 4.98 Å². The number of pyridine rings is 2. The van der Waals surface area contributed by atoms with E-state index >= 15 is 0 Å². The number of nitrogens with zero attached hydrogens (tertiary/aromatic N) is 3. The van der Waals surface area contributed by atoms with Gasteiger partial charge in [-0.25, -0.2) is 4.98 Å². The van der Waals surface area contributed by atoms with Crippen LogP contribution in [0.5, 0.6) is 0 Å². The molecule has 0 saturated heterocycles. The van der Waals surface area contributed by atoms with Crippen molar-refractivity contribution in [2.24, 2.45) is 0 Å². The molecule has 0 aliphatic heterocycles. The minimum absolute atomic E-state index is 0.473. The zero-order valence-corrected chi connectivity index (χ0v) is 12.1. The van der Waals surface area contributed by atoms with E-state index in [1.807, 2.05) is 37.3 Å². The fourth-order valence-electron chi connectivity index (χ4n) is 2.04. The van der Waals surface area contributed by atoms with Crippen LogP contribution >= 0.6 is 11.6 Å². The van der Waals surface area contributed by atoms with Crippen LogP contribution in [0.15, 0.2) is 36.5 Å². The lowest BCUT2D eigenvalue weighted by Gasteiger charge is -2.23. The fourth-order valence-corrected chi connectivity index (χ4v) is 2.25. The van der Waals surface area contributed by atoms with Gasteiger partial charge < -0.3 is 4.90 Å². The zero-order chi connectivity index (χ0) is 13.7. The van der Waals surface area contributed by atoms with Crippen LogP contribution in [0.25, 0.3) is 0 Å². The summed E-state index contributed by atoms with van der Waals surface area (Å²) in [4.78, 5) is 11.2. The van der Waals surface area contributed by atoms with Crippen molar-refractivity contribution in [3.63, 3.8) is 0 Å². The summed E-state index contributed by atoms with van der Waals surface area (Å²) in [5.41, 5.74) is 3.14. The van der Waals surface area contributed by atoms with Crippen LogP contribution in [-0.4, -0.2) is 16.5 Å². The van der Waals surface area contributed by atoms with E-state index in [0.717, 1.165) is 35.9 Å². The molecule has 0 aliphatic rings. The molecular formula is C15H18ClN3. The van der Waals surface area contributed by atoms with Crippen LogP contribution in [-0.2, 0) is 12.4 Å². The van der Waals surface area contributed by atoms with Crippen molar-refractivity contribution in [3.8, 4) is 0 Å². The molecule has 2 heterocycles. The van der Waals surface area contributed by atoms with E-state index in [1.54, 1.807) is 6.20 Å². The quantitative estimate of drug-likeness (QED) is 0.782. The molecule has 3 nitrogen and oxygen atoms in total. The summed E-state index contributed by atoms with van der Waals surface area (Å²) in [6.45, 7) is 5.74. The maximum absolute atomic E-state index is 5.98. The molecule has 0 amide bonds. The summed E-state index contributed by atoms with van der Waals surface area (Å²) >= 11 is 5.98. The Morgan fingerprint density at radius 1 is 1.21 bits per heavy atom. The molecule has 4 heteroatoms. The molecule has 2 rings (SSSR count). The van der Waals surface area contributed by atoms with Crippen molar-refractivity contribution in [1.29, 1.82) is 0 Å². The molecule has 0 spiro atoms. The first-order valence-electron chi connectivity index (χ1n) is 6.42. The number of hydrogen-bond donors (Lipinski definition) is 0. The molecule has 100 valence electrons. The molecule has 0 radical (unpaired) electrons. The summed E-state index contributed by atoms with van der Waals surface area (Å²) < 4.78 is 0. The highest BCUT2D eigenvalue weighted by Gasteiger charge is 2.11. The summed E-state index contributed by atoms with van der Waals surface area (Å²) in [6, 6.07) is 10.0. The predicted octanol–water partition coefficient (Wildman–Crippen LogP) is 3.55. The Morgan fingerprint density at radius 3 is 2.74 bits per heavy atom. The van der Waals surface area contributed by atoms with E-state index in [0.29, 0.717) is 5.88 Å². The van der Waals surface area contributed by atoms with Gasteiger partial charge in [0.05, 0.1) is 18.1 Å². The van der Waals surface area contributed by atoms with Gasteiger partial charge in [0.1, 0.15) is 5.82 Å². The topological polar surface area (TPSA) is 29.0 Å². The van der Waals surface area contributed by atoms with Crippen molar-refractivity contribution < 1.29 is 0 Å². The molecule has 0 fully saturated rings. The van der Waals surface area contributed by atoms with Gasteiger partial charge in [-0.15, -0.1) is 11.6 Å². The normalized spacial score (nSPS) is 10.5. The van der Waals surface area contributed by atoms with Gasteiger partial charge in [-0.1, -0.05) is 12.1 Å². The van der Waals surface area contributed by atoms with E-state index < -0.39 is 0 Å². The molecule has 0 saturated carbocycles. The molecule has 2 aromatic heterocycles. The third-order valence-electron chi connectivity index (χ3n) is 2.99. The molecule has 0 unspecified atom stereocenters. The largest absolute Gasteiger partial charge is 0.351 e.